The quantitative estimate of drug-likeness (QED) is 0.947. The number of rotatable bonds is 3. The summed E-state index contributed by atoms with van der Waals surface area (Å²) in [6.45, 7) is 6.34. The van der Waals surface area contributed by atoms with Crippen LogP contribution in [0.5, 0.6) is 11.5 Å². The van der Waals surface area contributed by atoms with Crippen molar-refractivity contribution >= 4 is 5.91 Å². The van der Waals surface area contributed by atoms with Crippen molar-refractivity contribution in [2.45, 2.75) is 26.9 Å². The number of para-hydroxylation sites is 2. The molecule has 1 amide bonds. The first kappa shape index (κ1) is 14.5. The van der Waals surface area contributed by atoms with Crippen LogP contribution >= 0.6 is 0 Å². The number of benzene rings is 1. The maximum absolute atomic E-state index is 12.3. The molecule has 1 atom stereocenters. The summed E-state index contributed by atoms with van der Waals surface area (Å²) in [5, 5.41) is 2.89. The summed E-state index contributed by atoms with van der Waals surface area (Å²) in [6, 6.07) is 7.52. The lowest BCUT2D eigenvalue weighted by Crippen LogP contribution is -2.40. The van der Waals surface area contributed by atoms with E-state index in [4.69, 9.17) is 13.9 Å². The van der Waals surface area contributed by atoms with Crippen LogP contribution in [0, 0.1) is 20.8 Å². The minimum absolute atomic E-state index is 0.144. The van der Waals surface area contributed by atoms with E-state index < -0.39 is 0 Å². The first-order chi connectivity index (χ1) is 10.6. The minimum atomic E-state index is -0.201. The van der Waals surface area contributed by atoms with Crippen LogP contribution in [0.4, 0.5) is 0 Å². The van der Waals surface area contributed by atoms with Crippen molar-refractivity contribution in [2.24, 2.45) is 0 Å². The van der Waals surface area contributed by atoms with Crippen LogP contribution in [0.3, 0.4) is 0 Å². The maximum Gasteiger partial charge on any atom is 0.255 e. The second-order valence-electron chi connectivity index (χ2n) is 5.42. The van der Waals surface area contributed by atoms with Crippen molar-refractivity contribution in [3.63, 3.8) is 0 Å². The van der Waals surface area contributed by atoms with Crippen LogP contribution in [0.2, 0.25) is 0 Å². The molecule has 0 fully saturated rings. The van der Waals surface area contributed by atoms with Gasteiger partial charge in [-0.2, -0.15) is 0 Å². The van der Waals surface area contributed by atoms with Crippen LogP contribution in [0.15, 0.2) is 28.7 Å². The summed E-state index contributed by atoms with van der Waals surface area (Å²) in [5.41, 5.74) is 1.48. The minimum Gasteiger partial charge on any atom is -0.486 e. The molecule has 0 saturated heterocycles. The van der Waals surface area contributed by atoms with Crippen LogP contribution < -0.4 is 14.8 Å². The molecule has 22 heavy (non-hydrogen) atoms. The monoisotopic (exact) mass is 301 g/mol. The number of furan rings is 1. The van der Waals surface area contributed by atoms with Crippen LogP contribution in [-0.4, -0.2) is 25.2 Å². The maximum atomic E-state index is 12.3. The highest BCUT2D eigenvalue weighted by Gasteiger charge is 2.23. The zero-order valence-corrected chi connectivity index (χ0v) is 12.9. The molecule has 2 heterocycles. The molecule has 5 nitrogen and oxygen atoms in total. The van der Waals surface area contributed by atoms with Gasteiger partial charge in [0.05, 0.1) is 12.1 Å². The highest BCUT2D eigenvalue weighted by atomic mass is 16.6. The van der Waals surface area contributed by atoms with Gasteiger partial charge in [0, 0.05) is 5.56 Å². The summed E-state index contributed by atoms with van der Waals surface area (Å²) >= 11 is 0. The molecule has 0 bridgehead atoms. The Kier molecular flexibility index (Phi) is 3.79. The Labute approximate surface area is 129 Å². The molecule has 1 aromatic heterocycles. The van der Waals surface area contributed by atoms with E-state index in [1.54, 1.807) is 6.92 Å². The normalized spacial score (nSPS) is 16.4. The lowest BCUT2D eigenvalue weighted by atomic mass is 10.1. The van der Waals surface area contributed by atoms with Crippen molar-refractivity contribution in [3.8, 4) is 11.5 Å². The molecule has 0 saturated carbocycles. The molecule has 5 heteroatoms. The number of hydrogen-bond donors (Lipinski definition) is 1. The predicted octanol–water partition coefficient (Wildman–Crippen LogP) is 2.77. The second kappa shape index (κ2) is 5.75. The van der Waals surface area contributed by atoms with Gasteiger partial charge in [0.1, 0.15) is 24.2 Å². The third kappa shape index (κ3) is 2.66. The first-order valence-corrected chi connectivity index (χ1v) is 7.29. The molecule has 0 spiro atoms. The Morgan fingerprint density at radius 1 is 1.18 bits per heavy atom. The summed E-state index contributed by atoms with van der Waals surface area (Å²) in [4.78, 5) is 12.3. The fraction of sp³-hybridized carbons (Fsp3) is 0.353. The molecule has 2 aromatic rings. The summed E-state index contributed by atoms with van der Waals surface area (Å²) in [6.07, 6.45) is -0.201. The van der Waals surface area contributed by atoms with Crippen LogP contribution in [0.25, 0.3) is 0 Å². The molecule has 1 aromatic carbocycles. The number of fused-ring (bicyclic) bond motifs is 1. The molecule has 1 unspecified atom stereocenters. The fourth-order valence-electron chi connectivity index (χ4n) is 2.59. The number of amides is 1. The molecule has 0 radical (unpaired) electrons. The summed E-state index contributed by atoms with van der Waals surface area (Å²) in [7, 11) is 0. The van der Waals surface area contributed by atoms with E-state index in [0.29, 0.717) is 30.2 Å². The van der Waals surface area contributed by atoms with E-state index in [1.165, 1.54) is 0 Å². The van der Waals surface area contributed by atoms with Gasteiger partial charge in [0.25, 0.3) is 5.91 Å². The highest BCUT2D eigenvalue weighted by Crippen LogP contribution is 2.30. The van der Waals surface area contributed by atoms with Crippen LogP contribution in [0.1, 0.15) is 27.4 Å². The Balaban J connectivity index is 1.63. The number of nitrogens with one attached hydrogen (secondary N) is 1. The molecule has 0 aliphatic carbocycles. The van der Waals surface area contributed by atoms with Gasteiger partial charge in [-0.3, -0.25) is 4.79 Å². The molecule has 116 valence electrons. The Morgan fingerprint density at radius 3 is 2.59 bits per heavy atom. The van der Waals surface area contributed by atoms with E-state index in [2.05, 4.69) is 5.32 Å². The largest absolute Gasteiger partial charge is 0.486 e. The third-order valence-corrected chi connectivity index (χ3v) is 3.85. The van der Waals surface area contributed by atoms with E-state index in [0.717, 1.165) is 17.1 Å². The zero-order valence-electron chi connectivity index (χ0n) is 12.9. The zero-order chi connectivity index (χ0) is 15.7. The van der Waals surface area contributed by atoms with E-state index in [1.807, 2.05) is 38.1 Å². The Bertz CT molecular complexity index is 705. The van der Waals surface area contributed by atoms with Gasteiger partial charge in [-0.05, 0) is 32.9 Å². The van der Waals surface area contributed by atoms with Crippen molar-refractivity contribution < 1.29 is 18.7 Å². The number of hydrogen-bond acceptors (Lipinski definition) is 4. The first-order valence-electron chi connectivity index (χ1n) is 7.29. The SMILES string of the molecule is Cc1oc(C)c(C(=O)NCC2COc3ccccc3O2)c1C. The predicted molar refractivity (Wildman–Crippen MR) is 81.6 cm³/mol. The number of aryl methyl sites for hydroxylation is 2. The van der Waals surface area contributed by atoms with Gasteiger partial charge in [0.2, 0.25) is 0 Å². The van der Waals surface area contributed by atoms with Gasteiger partial charge in [-0.25, -0.2) is 0 Å². The van der Waals surface area contributed by atoms with Gasteiger partial charge >= 0.3 is 0 Å². The van der Waals surface area contributed by atoms with Gasteiger partial charge < -0.3 is 19.2 Å². The molecule has 1 aliphatic heterocycles. The van der Waals surface area contributed by atoms with E-state index in [-0.39, 0.29) is 12.0 Å². The summed E-state index contributed by atoms with van der Waals surface area (Å²) in [5.74, 6) is 2.71. The van der Waals surface area contributed by atoms with Crippen LogP contribution in [-0.2, 0) is 0 Å². The van der Waals surface area contributed by atoms with Gasteiger partial charge in [-0.1, -0.05) is 12.1 Å². The molecular formula is C17H19NO4. The topological polar surface area (TPSA) is 60.7 Å². The number of carbonyl (C=O) groups is 1. The third-order valence-electron chi connectivity index (χ3n) is 3.85. The van der Waals surface area contributed by atoms with Gasteiger partial charge in [0.15, 0.2) is 11.5 Å². The fourth-order valence-corrected chi connectivity index (χ4v) is 2.59. The number of carbonyl (C=O) groups excluding carboxylic acids is 1. The van der Waals surface area contributed by atoms with Crippen molar-refractivity contribution in [2.75, 3.05) is 13.2 Å². The van der Waals surface area contributed by atoms with Crippen molar-refractivity contribution in [3.05, 3.63) is 46.9 Å². The molecule has 1 aliphatic rings. The average Bonchev–Trinajstić information content (AvgIpc) is 2.77. The standard InChI is InChI=1S/C17H19NO4/c1-10-11(2)21-12(3)16(10)17(19)18-8-13-9-20-14-6-4-5-7-15(14)22-13/h4-7,13H,8-9H2,1-3H3,(H,18,19). The second-order valence-corrected chi connectivity index (χ2v) is 5.42. The molecule has 3 rings (SSSR count). The Morgan fingerprint density at radius 2 is 1.91 bits per heavy atom. The van der Waals surface area contributed by atoms with Crippen molar-refractivity contribution in [1.82, 2.24) is 5.32 Å². The van der Waals surface area contributed by atoms with E-state index >= 15 is 0 Å². The average molecular weight is 301 g/mol. The smallest absolute Gasteiger partial charge is 0.255 e. The lowest BCUT2D eigenvalue weighted by molar-refractivity contribution is 0.0788. The summed E-state index contributed by atoms with van der Waals surface area (Å²) < 4.78 is 16.9. The molecule has 1 N–H and O–H groups in total. The Hall–Kier alpha value is -2.43. The highest BCUT2D eigenvalue weighted by molar-refractivity contribution is 5.96. The van der Waals surface area contributed by atoms with E-state index in [9.17, 15) is 4.79 Å². The lowest BCUT2D eigenvalue weighted by Gasteiger charge is -2.26. The van der Waals surface area contributed by atoms with Gasteiger partial charge in [-0.15, -0.1) is 0 Å². The van der Waals surface area contributed by atoms with Crippen molar-refractivity contribution in [1.29, 1.82) is 0 Å². The molecular weight excluding hydrogens is 282 g/mol. The number of ether oxygens (including phenoxy) is 2.